The third-order valence-corrected chi connectivity index (χ3v) is 4.82. The summed E-state index contributed by atoms with van der Waals surface area (Å²) < 4.78 is 1.89. The Balaban J connectivity index is 1.57. The van der Waals surface area contributed by atoms with Crippen LogP contribution in [-0.4, -0.2) is 31.4 Å². The fourth-order valence-corrected chi connectivity index (χ4v) is 3.15. The molecule has 0 unspecified atom stereocenters. The van der Waals surface area contributed by atoms with Crippen molar-refractivity contribution in [1.82, 2.24) is 25.1 Å². The summed E-state index contributed by atoms with van der Waals surface area (Å²) in [7, 11) is 0. The average molecular weight is 367 g/mol. The summed E-state index contributed by atoms with van der Waals surface area (Å²) in [4.78, 5) is 16.2. The van der Waals surface area contributed by atoms with Crippen LogP contribution in [0.1, 0.15) is 31.0 Å². The molecule has 1 amide bonds. The van der Waals surface area contributed by atoms with Gasteiger partial charge >= 0.3 is 0 Å². The van der Waals surface area contributed by atoms with Gasteiger partial charge < -0.3 is 5.32 Å². The molecule has 0 aliphatic heterocycles. The molecule has 6 nitrogen and oxygen atoms in total. The van der Waals surface area contributed by atoms with E-state index in [1.54, 1.807) is 12.5 Å². The number of hydrogen-bond acceptors (Lipinski definition) is 5. The maximum Gasteiger partial charge on any atom is 0.230 e. The van der Waals surface area contributed by atoms with Crippen LogP contribution in [0.25, 0.3) is 5.69 Å². The van der Waals surface area contributed by atoms with E-state index in [0.29, 0.717) is 17.6 Å². The molecule has 26 heavy (non-hydrogen) atoms. The minimum atomic E-state index is -0.0645. The highest BCUT2D eigenvalue weighted by molar-refractivity contribution is 7.99. The van der Waals surface area contributed by atoms with Gasteiger partial charge in [-0.25, -0.2) is 0 Å². The molecule has 0 fully saturated rings. The van der Waals surface area contributed by atoms with E-state index in [1.165, 1.54) is 17.3 Å². The monoisotopic (exact) mass is 367 g/mol. The van der Waals surface area contributed by atoms with Crippen molar-refractivity contribution in [2.45, 2.75) is 31.5 Å². The Hall–Kier alpha value is -2.67. The van der Waals surface area contributed by atoms with E-state index in [2.05, 4.69) is 46.5 Å². The minimum Gasteiger partial charge on any atom is -0.350 e. The molecule has 0 aliphatic rings. The lowest BCUT2D eigenvalue weighted by Crippen LogP contribution is -2.25. The Morgan fingerprint density at radius 3 is 2.69 bits per heavy atom. The summed E-state index contributed by atoms with van der Waals surface area (Å²) >= 11 is 1.36. The van der Waals surface area contributed by atoms with Gasteiger partial charge in [-0.2, -0.15) is 0 Å². The topological polar surface area (TPSA) is 72.7 Å². The van der Waals surface area contributed by atoms with Gasteiger partial charge in [0.2, 0.25) is 5.91 Å². The van der Waals surface area contributed by atoms with Crippen LogP contribution in [0.15, 0.2) is 60.1 Å². The molecule has 0 bridgehead atoms. The number of aromatic nitrogens is 4. The summed E-state index contributed by atoms with van der Waals surface area (Å²) in [5.41, 5.74) is 3.10. The molecule has 0 saturated carbocycles. The van der Waals surface area contributed by atoms with Crippen LogP contribution in [0.2, 0.25) is 0 Å². The molecule has 3 aromatic rings. The Morgan fingerprint density at radius 1 is 1.19 bits per heavy atom. The lowest BCUT2D eigenvalue weighted by atomic mass is 10.0. The molecule has 2 aromatic heterocycles. The van der Waals surface area contributed by atoms with E-state index in [9.17, 15) is 4.79 Å². The number of carbonyl (C=O) groups is 1. The maximum atomic E-state index is 12.1. The molecule has 3 rings (SSSR count). The van der Waals surface area contributed by atoms with Gasteiger partial charge in [-0.1, -0.05) is 43.8 Å². The van der Waals surface area contributed by atoms with Crippen LogP contribution in [0.4, 0.5) is 0 Å². The summed E-state index contributed by atoms with van der Waals surface area (Å²) in [6.07, 6.45) is 3.38. The van der Waals surface area contributed by atoms with E-state index in [4.69, 9.17) is 0 Å². The zero-order valence-electron chi connectivity index (χ0n) is 14.8. The predicted octanol–water partition coefficient (Wildman–Crippen LogP) is 3.19. The minimum absolute atomic E-state index is 0.0645. The van der Waals surface area contributed by atoms with Crippen molar-refractivity contribution in [1.29, 1.82) is 0 Å². The van der Waals surface area contributed by atoms with Crippen LogP contribution in [0, 0.1) is 0 Å². The molecule has 0 saturated heterocycles. The molecule has 134 valence electrons. The fourth-order valence-electron chi connectivity index (χ4n) is 2.39. The first kappa shape index (κ1) is 18.1. The van der Waals surface area contributed by atoms with Gasteiger partial charge in [0, 0.05) is 11.9 Å². The maximum absolute atomic E-state index is 12.1. The van der Waals surface area contributed by atoms with E-state index in [1.807, 2.05) is 34.9 Å². The number of rotatable bonds is 7. The Labute approximate surface area is 157 Å². The number of nitrogens with one attached hydrogen (secondary N) is 1. The van der Waals surface area contributed by atoms with Crippen LogP contribution in [0.5, 0.6) is 0 Å². The van der Waals surface area contributed by atoms with E-state index in [0.717, 1.165) is 11.4 Å². The lowest BCUT2D eigenvalue weighted by Gasteiger charge is -2.09. The number of carbonyl (C=O) groups excluding carboxylic acids is 1. The Kier molecular flexibility index (Phi) is 6.01. The molecule has 7 heteroatoms. The van der Waals surface area contributed by atoms with Crippen LogP contribution < -0.4 is 5.32 Å². The zero-order valence-corrected chi connectivity index (χ0v) is 15.6. The van der Waals surface area contributed by atoms with Crippen molar-refractivity contribution in [3.05, 3.63) is 66.2 Å². The molecule has 1 N–H and O–H groups in total. The standard InChI is InChI=1S/C19H21N5OS/c1-14(2)15-6-8-17(9-7-15)24-13-22-23-19(24)26-12-18(25)21-11-16-5-3-4-10-20-16/h3-10,13-14H,11-12H2,1-2H3,(H,21,25). The van der Waals surface area contributed by atoms with Crippen molar-refractivity contribution >= 4 is 17.7 Å². The molecular formula is C19H21N5OS. The zero-order chi connectivity index (χ0) is 18.4. The largest absolute Gasteiger partial charge is 0.350 e. The lowest BCUT2D eigenvalue weighted by molar-refractivity contribution is -0.118. The Morgan fingerprint density at radius 2 is 2.00 bits per heavy atom. The molecule has 0 spiro atoms. The SMILES string of the molecule is CC(C)c1ccc(-n2cnnc2SCC(=O)NCc2ccccn2)cc1. The average Bonchev–Trinajstić information content (AvgIpc) is 3.14. The second-order valence-corrected chi connectivity index (χ2v) is 7.06. The second kappa shape index (κ2) is 8.62. The quantitative estimate of drug-likeness (QED) is 0.649. The van der Waals surface area contributed by atoms with Gasteiger partial charge in [-0.3, -0.25) is 14.3 Å². The van der Waals surface area contributed by atoms with Crippen molar-refractivity contribution < 1.29 is 4.79 Å². The smallest absolute Gasteiger partial charge is 0.230 e. The summed E-state index contributed by atoms with van der Waals surface area (Å²) in [6, 6.07) is 13.9. The first-order valence-corrected chi connectivity index (χ1v) is 9.42. The van der Waals surface area contributed by atoms with Crippen LogP contribution in [0.3, 0.4) is 0 Å². The van der Waals surface area contributed by atoms with Crippen molar-refractivity contribution in [3.8, 4) is 5.69 Å². The van der Waals surface area contributed by atoms with E-state index < -0.39 is 0 Å². The van der Waals surface area contributed by atoms with E-state index >= 15 is 0 Å². The number of thioether (sulfide) groups is 1. The Bertz CT molecular complexity index is 846. The molecule has 2 heterocycles. The first-order chi connectivity index (χ1) is 12.6. The van der Waals surface area contributed by atoms with Crippen molar-refractivity contribution in [3.63, 3.8) is 0 Å². The molecule has 0 atom stereocenters. The molecule has 0 radical (unpaired) electrons. The van der Waals surface area contributed by atoms with Crippen LogP contribution in [-0.2, 0) is 11.3 Å². The number of benzene rings is 1. The summed E-state index contributed by atoms with van der Waals surface area (Å²) in [5, 5.41) is 11.7. The van der Waals surface area contributed by atoms with E-state index in [-0.39, 0.29) is 11.7 Å². The number of pyridine rings is 1. The van der Waals surface area contributed by atoms with Gasteiger partial charge in [-0.05, 0) is 35.7 Å². The van der Waals surface area contributed by atoms with Gasteiger partial charge in [0.25, 0.3) is 0 Å². The molecule has 0 aliphatic carbocycles. The molecular weight excluding hydrogens is 346 g/mol. The highest BCUT2D eigenvalue weighted by Gasteiger charge is 2.10. The highest BCUT2D eigenvalue weighted by atomic mass is 32.2. The van der Waals surface area contributed by atoms with Crippen molar-refractivity contribution in [2.24, 2.45) is 0 Å². The van der Waals surface area contributed by atoms with Gasteiger partial charge in [-0.15, -0.1) is 10.2 Å². The number of nitrogens with zero attached hydrogens (tertiary/aromatic N) is 4. The summed E-state index contributed by atoms with van der Waals surface area (Å²) in [6.45, 7) is 4.75. The first-order valence-electron chi connectivity index (χ1n) is 8.43. The number of amides is 1. The van der Waals surface area contributed by atoms with Crippen molar-refractivity contribution in [2.75, 3.05) is 5.75 Å². The fraction of sp³-hybridized carbons (Fsp3) is 0.263. The van der Waals surface area contributed by atoms with Gasteiger partial charge in [0.05, 0.1) is 18.0 Å². The highest BCUT2D eigenvalue weighted by Crippen LogP contribution is 2.21. The van der Waals surface area contributed by atoms with Gasteiger partial charge in [0.1, 0.15) is 6.33 Å². The predicted molar refractivity (Wildman–Crippen MR) is 102 cm³/mol. The van der Waals surface area contributed by atoms with Gasteiger partial charge in [0.15, 0.2) is 5.16 Å². The third-order valence-electron chi connectivity index (χ3n) is 3.88. The number of hydrogen-bond donors (Lipinski definition) is 1. The second-order valence-electron chi connectivity index (χ2n) is 6.12. The van der Waals surface area contributed by atoms with Crippen LogP contribution >= 0.6 is 11.8 Å². The molecule has 1 aromatic carbocycles. The summed E-state index contributed by atoms with van der Waals surface area (Å²) in [5.74, 6) is 0.697. The normalized spacial score (nSPS) is 10.9. The third kappa shape index (κ3) is 4.70.